The number of benzene rings is 2. The van der Waals surface area contributed by atoms with Crippen molar-refractivity contribution < 1.29 is 9.47 Å². The van der Waals surface area contributed by atoms with Crippen molar-refractivity contribution >= 4 is 21.8 Å². The van der Waals surface area contributed by atoms with Gasteiger partial charge >= 0.3 is 0 Å². The smallest absolute Gasteiger partial charge is 0.218 e. The van der Waals surface area contributed by atoms with Crippen LogP contribution in [0.25, 0.3) is 0 Å². The standard InChI is InChI=1S/C22H15BrN4O2/c1-20-17(14-7-3-2-4-8-14)22(13-26,19(27)29-20)21(11-24,12-25)18(28-20)15-9-5-6-10-16(15)23/h2-10,17-18,27H,1H3. The molecular weight excluding hydrogens is 432 g/mol. The van der Waals surface area contributed by atoms with Crippen LogP contribution in [-0.4, -0.2) is 11.7 Å². The van der Waals surface area contributed by atoms with Crippen LogP contribution >= 0.6 is 15.9 Å². The third-order valence-electron chi connectivity index (χ3n) is 5.84. The fourth-order valence-corrected chi connectivity index (χ4v) is 5.09. The van der Waals surface area contributed by atoms with E-state index in [1.54, 1.807) is 55.5 Å². The fraction of sp³-hybridized carbons (Fsp3) is 0.273. The van der Waals surface area contributed by atoms with Crippen molar-refractivity contribution in [1.29, 1.82) is 21.2 Å². The molecule has 1 N–H and O–H groups in total. The van der Waals surface area contributed by atoms with Crippen LogP contribution in [0.1, 0.15) is 30.1 Å². The molecule has 0 amide bonds. The minimum atomic E-state index is -2.00. The largest absolute Gasteiger partial charge is 0.447 e. The van der Waals surface area contributed by atoms with Crippen LogP contribution in [0, 0.1) is 50.2 Å². The summed E-state index contributed by atoms with van der Waals surface area (Å²) >= 11 is 3.46. The van der Waals surface area contributed by atoms with Crippen molar-refractivity contribution in [2.75, 3.05) is 0 Å². The molecule has 2 aromatic rings. The molecule has 2 aliphatic heterocycles. The first-order chi connectivity index (χ1) is 13.9. The molecule has 2 fully saturated rings. The van der Waals surface area contributed by atoms with E-state index in [0.717, 1.165) is 0 Å². The number of nitriles is 3. The Kier molecular flexibility index (Phi) is 4.24. The van der Waals surface area contributed by atoms with Crippen molar-refractivity contribution in [3.05, 3.63) is 70.2 Å². The Morgan fingerprint density at radius 2 is 1.59 bits per heavy atom. The second kappa shape index (κ2) is 6.42. The zero-order chi connectivity index (χ0) is 20.9. The predicted octanol–water partition coefficient (Wildman–Crippen LogP) is 4.57. The SMILES string of the molecule is CC12OC(=N)C(C#N)(C1c1ccccc1)C(C#N)(C#N)C(c1ccccc1Br)O2. The van der Waals surface area contributed by atoms with Gasteiger partial charge in [-0.3, -0.25) is 5.41 Å². The molecule has 0 aliphatic carbocycles. The molecule has 0 radical (unpaired) electrons. The molecule has 2 bridgehead atoms. The molecular formula is C22H15BrN4O2. The van der Waals surface area contributed by atoms with E-state index in [9.17, 15) is 15.8 Å². The van der Waals surface area contributed by atoms with Crippen molar-refractivity contribution in [3.8, 4) is 18.2 Å². The number of halogens is 1. The van der Waals surface area contributed by atoms with Crippen molar-refractivity contribution in [2.45, 2.75) is 24.7 Å². The van der Waals surface area contributed by atoms with E-state index in [0.29, 0.717) is 15.6 Å². The van der Waals surface area contributed by atoms with Gasteiger partial charge in [0, 0.05) is 11.4 Å². The zero-order valence-electron chi connectivity index (χ0n) is 15.4. The van der Waals surface area contributed by atoms with E-state index in [1.807, 2.05) is 6.07 Å². The monoisotopic (exact) mass is 446 g/mol. The summed E-state index contributed by atoms with van der Waals surface area (Å²) in [4.78, 5) is 0. The van der Waals surface area contributed by atoms with Gasteiger partial charge in [0.2, 0.25) is 17.1 Å². The third-order valence-corrected chi connectivity index (χ3v) is 6.56. The molecule has 2 heterocycles. The second-order valence-corrected chi connectivity index (χ2v) is 8.12. The quantitative estimate of drug-likeness (QED) is 0.725. The highest BCUT2D eigenvalue weighted by Gasteiger charge is 2.79. The molecule has 142 valence electrons. The Hall–Kier alpha value is -3.18. The molecule has 0 aromatic heterocycles. The summed E-state index contributed by atoms with van der Waals surface area (Å²) < 4.78 is 12.7. The molecule has 6 nitrogen and oxygen atoms in total. The van der Waals surface area contributed by atoms with Crippen LogP contribution in [0.5, 0.6) is 0 Å². The summed E-state index contributed by atoms with van der Waals surface area (Å²) in [5.74, 6) is -2.65. The molecule has 0 saturated carbocycles. The van der Waals surface area contributed by atoms with Crippen molar-refractivity contribution in [1.82, 2.24) is 0 Å². The molecule has 2 saturated heterocycles. The lowest BCUT2D eigenvalue weighted by Gasteiger charge is -2.49. The molecule has 2 aromatic carbocycles. The van der Waals surface area contributed by atoms with Gasteiger partial charge < -0.3 is 9.47 Å². The van der Waals surface area contributed by atoms with Gasteiger partial charge in [0.1, 0.15) is 6.10 Å². The lowest BCUT2D eigenvalue weighted by Crippen LogP contribution is -2.57. The second-order valence-electron chi connectivity index (χ2n) is 7.26. The summed E-state index contributed by atoms with van der Waals surface area (Å²) in [6.45, 7) is 1.65. The molecule has 4 atom stereocenters. The topological polar surface area (TPSA) is 114 Å². The first kappa shape index (κ1) is 19.2. The van der Waals surface area contributed by atoms with E-state index in [-0.39, 0.29) is 0 Å². The van der Waals surface area contributed by atoms with Crippen LogP contribution in [0.3, 0.4) is 0 Å². The van der Waals surface area contributed by atoms with E-state index >= 15 is 0 Å². The van der Waals surface area contributed by atoms with E-state index in [1.165, 1.54) is 0 Å². The minimum absolute atomic E-state index is 0.422. The zero-order valence-corrected chi connectivity index (χ0v) is 17.0. The van der Waals surface area contributed by atoms with E-state index < -0.39 is 34.5 Å². The van der Waals surface area contributed by atoms with Crippen LogP contribution < -0.4 is 0 Å². The number of hydrogen-bond donors (Lipinski definition) is 1. The van der Waals surface area contributed by atoms with Crippen LogP contribution in [0.4, 0.5) is 0 Å². The number of rotatable bonds is 2. The highest BCUT2D eigenvalue weighted by molar-refractivity contribution is 9.10. The van der Waals surface area contributed by atoms with Gasteiger partial charge in [-0.25, -0.2) is 0 Å². The fourth-order valence-electron chi connectivity index (χ4n) is 4.60. The summed E-state index contributed by atoms with van der Waals surface area (Å²) in [6, 6.07) is 22.4. The number of nitrogens with zero attached hydrogens (tertiary/aromatic N) is 3. The van der Waals surface area contributed by atoms with Crippen molar-refractivity contribution in [3.63, 3.8) is 0 Å². The lowest BCUT2D eigenvalue weighted by atomic mass is 9.52. The maximum atomic E-state index is 10.4. The summed E-state index contributed by atoms with van der Waals surface area (Å²) in [7, 11) is 0. The van der Waals surface area contributed by atoms with Gasteiger partial charge in [-0.1, -0.05) is 64.5 Å². The minimum Gasteiger partial charge on any atom is -0.447 e. The third kappa shape index (κ3) is 2.25. The van der Waals surface area contributed by atoms with Gasteiger partial charge in [0.25, 0.3) is 0 Å². The van der Waals surface area contributed by atoms with Crippen LogP contribution in [0.2, 0.25) is 0 Å². The normalized spacial score (nSPS) is 31.8. The molecule has 0 spiro atoms. The Morgan fingerprint density at radius 1 is 0.966 bits per heavy atom. The van der Waals surface area contributed by atoms with Crippen molar-refractivity contribution in [2.24, 2.45) is 10.8 Å². The van der Waals surface area contributed by atoms with Crippen LogP contribution in [0.15, 0.2) is 59.1 Å². The van der Waals surface area contributed by atoms with E-state index in [2.05, 4.69) is 34.1 Å². The summed E-state index contributed by atoms with van der Waals surface area (Å²) in [5.41, 5.74) is -2.63. The van der Waals surface area contributed by atoms with Gasteiger partial charge in [-0.15, -0.1) is 0 Å². The van der Waals surface area contributed by atoms with Gasteiger partial charge in [0.15, 0.2) is 5.41 Å². The maximum Gasteiger partial charge on any atom is 0.218 e. The van der Waals surface area contributed by atoms with Gasteiger partial charge in [0.05, 0.1) is 24.1 Å². The Morgan fingerprint density at radius 3 is 2.17 bits per heavy atom. The van der Waals surface area contributed by atoms with Crippen LogP contribution in [-0.2, 0) is 9.47 Å². The summed E-state index contributed by atoms with van der Waals surface area (Å²) in [6.07, 6.45) is -1.10. The molecule has 2 aliphatic rings. The predicted molar refractivity (Wildman–Crippen MR) is 106 cm³/mol. The molecule has 4 unspecified atom stereocenters. The number of ether oxygens (including phenoxy) is 2. The average molecular weight is 447 g/mol. The molecule has 4 rings (SSSR count). The first-order valence-electron chi connectivity index (χ1n) is 8.89. The number of hydrogen-bond acceptors (Lipinski definition) is 6. The maximum absolute atomic E-state index is 10.4. The highest BCUT2D eigenvalue weighted by Crippen LogP contribution is 2.69. The Labute approximate surface area is 176 Å². The Bertz CT molecular complexity index is 1120. The molecule has 7 heteroatoms. The van der Waals surface area contributed by atoms with Gasteiger partial charge in [-0.2, -0.15) is 15.8 Å². The number of nitrogens with one attached hydrogen (secondary N) is 1. The molecule has 29 heavy (non-hydrogen) atoms. The first-order valence-corrected chi connectivity index (χ1v) is 9.68. The average Bonchev–Trinajstić information content (AvgIpc) is 2.92. The van der Waals surface area contributed by atoms with E-state index in [4.69, 9.17) is 14.9 Å². The van der Waals surface area contributed by atoms with Gasteiger partial charge in [-0.05, 0) is 17.2 Å². The number of fused-ring (bicyclic) bond motifs is 2. The Balaban J connectivity index is 2.07. The lowest BCUT2D eigenvalue weighted by molar-refractivity contribution is -0.253. The summed E-state index contributed by atoms with van der Waals surface area (Å²) in [5, 5.41) is 39.5. The highest BCUT2D eigenvalue weighted by atomic mass is 79.9.